The van der Waals surface area contributed by atoms with Gasteiger partial charge in [0.2, 0.25) is 10.0 Å². The highest BCUT2D eigenvalue weighted by molar-refractivity contribution is 7.89. The molecular weight excluding hydrogens is 454 g/mol. The van der Waals surface area contributed by atoms with Gasteiger partial charge in [0.25, 0.3) is 5.91 Å². The van der Waals surface area contributed by atoms with Crippen LogP contribution in [0.25, 0.3) is 0 Å². The minimum absolute atomic E-state index is 0.179. The van der Waals surface area contributed by atoms with Gasteiger partial charge in [-0.05, 0) is 63.4 Å². The highest BCUT2D eigenvalue weighted by Gasteiger charge is 2.26. The molecule has 1 saturated heterocycles. The molecule has 180 valence electrons. The van der Waals surface area contributed by atoms with Crippen LogP contribution < -0.4 is 10.1 Å². The highest BCUT2D eigenvalue weighted by atomic mass is 32.2. The Bertz CT molecular complexity index is 1270. The van der Waals surface area contributed by atoms with Crippen LogP contribution in [-0.2, 0) is 16.6 Å². The van der Waals surface area contributed by atoms with E-state index in [1.54, 1.807) is 36.4 Å². The van der Waals surface area contributed by atoms with E-state index in [1.165, 1.54) is 10.4 Å². The molecule has 0 saturated carbocycles. The van der Waals surface area contributed by atoms with Crippen LogP contribution in [0.4, 0.5) is 5.69 Å². The molecule has 1 aromatic heterocycles. The van der Waals surface area contributed by atoms with E-state index in [0.717, 1.165) is 36.1 Å². The first-order chi connectivity index (χ1) is 16.3. The van der Waals surface area contributed by atoms with E-state index in [9.17, 15) is 13.2 Å². The molecule has 0 aliphatic carbocycles. The molecule has 1 aliphatic rings. The lowest BCUT2D eigenvalue weighted by molar-refractivity contribution is 0.102. The van der Waals surface area contributed by atoms with Crippen molar-refractivity contribution in [3.05, 3.63) is 70.6 Å². The fourth-order valence-electron chi connectivity index (χ4n) is 3.98. The largest absolute Gasteiger partial charge is 0.488 e. The van der Waals surface area contributed by atoms with E-state index in [2.05, 4.69) is 10.5 Å². The van der Waals surface area contributed by atoms with Crippen LogP contribution in [-0.4, -0.2) is 36.9 Å². The standard InChI is InChI=1S/C25H29N3O5S/c1-17-11-12-20(34(30,31)28-13-7-4-8-14-28)15-23(17)26-25(29)21-9-5-6-10-24(21)32-16-22-18(2)27-33-19(22)3/h5-6,9-12,15H,4,7-8,13-14,16H2,1-3H3,(H,26,29). The van der Waals surface area contributed by atoms with Crippen molar-refractivity contribution >= 4 is 21.6 Å². The average molecular weight is 484 g/mol. The van der Waals surface area contributed by atoms with Crippen LogP contribution in [0, 0.1) is 20.8 Å². The second-order valence-corrected chi connectivity index (χ2v) is 10.4. The van der Waals surface area contributed by atoms with Crippen molar-refractivity contribution in [1.82, 2.24) is 9.46 Å². The molecular formula is C25H29N3O5S. The number of nitrogens with one attached hydrogen (secondary N) is 1. The summed E-state index contributed by atoms with van der Waals surface area (Å²) in [5.74, 6) is 0.696. The Hall–Kier alpha value is -3.17. The summed E-state index contributed by atoms with van der Waals surface area (Å²) < 4.78 is 38.8. The third-order valence-electron chi connectivity index (χ3n) is 6.09. The normalized spacial score (nSPS) is 14.7. The summed E-state index contributed by atoms with van der Waals surface area (Å²) in [6.07, 6.45) is 2.76. The maximum Gasteiger partial charge on any atom is 0.259 e. The van der Waals surface area contributed by atoms with Crippen LogP contribution in [0.5, 0.6) is 5.75 Å². The van der Waals surface area contributed by atoms with Gasteiger partial charge in [-0.3, -0.25) is 4.79 Å². The minimum Gasteiger partial charge on any atom is -0.488 e. The summed E-state index contributed by atoms with van der Waals surface area (Å²) in [6, 6.07) is 11.8. The molecule has 9 heteroatoms. The molecule has 0 bridgehead atoms. The second-order valence-electron chi connectivity index (χ2n) is 8.48. The molecule has 0 radical (unpaired) electrons. The summed E-state index contributed by atoms with van der Waals surface area (Å²) >= 11 is 0. The third-order valence-corrected chi connectivity index (χ3v) is 7.99. The molecule has 2 heterocycles. The molecule has 0 unspecified atom stereocenters. The molecule has 1 aliphatic heterocycles. The zero-order valence-corrected chi connectivity index (χ0v) is 20.4. The lowest BCUT2D eigenvalue weighted by Crippen LogP contribution is -2.35. The SMILES string of the molecule is Cc1ccc(S(=O)(=O)N2CCCCC2)cc1NC(=O)c1ccccc1OCc1c(C)noc1C. The summed E-state index contributed by atoms with van der Waals surface area (Å²) in [6.45, 7) is 6.73. The minimum atomic E-state index is -3.61. The highest BCUT2D eigenvalue weighted by Crippen LogP contribution is 2.27. The zero-order chi connectivity index (χ0) is 24.3. The van der Waals surface area contributed by atoms with Gasteiger partial charge in [0, 0.05) is 18.8 Å². The molecule has 1 N–H and O–H groups in total. The Balaban J connectivity index is 1.55. The molecule has 8 nitrogen and oxygen atoms in total. The number of carbonyl (C=O) groups excluding carboxylic acids is 1. The Labute approximate surface area is 200 Å². The molecule has 1 amide bonds. The summed E-state index contributed by atoms with van der Waals surface area (Å²) in [5, 5.41) is 6.79. The van der Waals surface area contributed by atoms with Crippen LogP contribution >= 0.6 is 0 Å². The number of anilines is 1. The molecule has 1 fully saturated rings. The smallest absolute Gasteiger partial charge is 0.259 e. The van der Waals surface area contributed by atoms with Crippen LogP contribution in [0.15, 0.2) is 51.9 Å². The van der Waals surface area contributed by atoms with Gasteiger partial charge in [-0.2, -0.15) is 4.31 Å². The number of nitrogens with zero attached hydrogens (tertiary/aromatic N) is 2. The predicted molar refractivity (Wildman–Crippen MR) is 128 cm³/mol. The van der Waals surface area contributed by atoms with E-state index >= 15 is 0 Å². The number of piperidine rings is 1. The van der Waals surface area contributed by atoms with Crippen molar-refractivity contribution in [3.63, 3.8) is 0 Å². The van der Waals surface area contributed by atoms with Crippen LogP contribution in [0.2, 0.25) is 0 Å². The number of benzene rings is 2. The van der Waals surface area contributed by atoms with E-state index in [4.69, 9.17) is 9.26 Å². The Morgan fingerprint density at radius 2 is 1.82 bits per heavy atom. The van der Waals surface area contributed by atoms with Crippen LogP contribution in [0.1, 0.15) is 52.2 Å². The van der Waals surface area contributed by atoms with Gasteiger partial charge in [0.05, 0.1) is 21.7 Å². The number of sulfonamides is 1. The first-order valence-electron chi connectivity index (χ1n) is 11.3. The molecule has 2 aromatic carbocycles. The zero-order valence-electron chi connectivity index (χ0n) is 19.6. The topological polar surface area (TPSA) is 102 Å². The maximum atomic E-state index is 13.2. The number of para-hydroxylation sites is 1. The number of aromatic nitrogens is 1. The predicted octanol–water partition coefficient (Wildman–Crippen LogP) is 4.61. The molecule has 3 aromatic rings. The first-order valence-corrected chi connectivity index (χ1v) is 12.8. The average Bonchev–Trinajstić information content (AvgIpc) is 3.16. The number of amides is 1. The molecule has 0 atom stereocenters. The van der Waals surface area contributed by atoms with E-state index in [1.807, 2.05) is 20.8 Å². The van der Waals surface area contributed by atoms with Crippen molar-refractivity contribution < 1.29 is 22.5 Å². The number of aryl methyl sites for hydroxylation is 3. The van der Waals surface area contributed by atoms with Gasteiger partial charge >= 0.3 is 0 Å². The fraction of sp³-hybridized carbons (Fsp3) is 0.360. The van der Waals surface area contributed by atoms with Gasteiger partial charge in [0.15, 0.2) is 0 Å². The number of rotatable bonds is 7. The van der Waals surface area contributed by atoms with Crippen molar-refractivity contribution in [2.24, 2.45) is 0 Å². The summed E-state index contributed by atoms with van der Waals surface area (Å²) in [7, 11) is -3.61. The number of carbonyl (C=O) groups is 1. The van der Waals surface area contributed by atoms with Crippen molar-refractivity contribution in [3.8, 4) is 5.75 Å². The number of ether oxygens (including phenoxy) is 1. The van der Waals surface area contributed by atoms with E-state index in [-0.39, 0.29) is 17.4 Å². The van der Waals surface area contributed by atoms with Gasteiger partial charge in [-0.1, -0.05) is 29.8 Å². The molecule has 34 heavy (non-hydrogen) atoms. The Kier molecular flexibility index (Phi) is 7.04. The number of hydrogen-bond acceptors (Lipinski definition) is 6. The summed E-state index contributed by atoms with van der Waals surface area (Å²) in [5.41, 5.74) is 3.13. The van der Waals surface area contributed by atoms with Crippen molar-refractivity contribution in [2.45, 2.75) is 51.5 Å². The lowest BCUT2D eigenvalue weighted by atomic mass is 10.1. The van der Waals surface area contributed by atoms with Gasteiger partial charge in [-0.25, -0.2) is 8.42 Å². The second kappa shape index (κ2) is 9.99. The Morgan fingerprint density at radius 3 is 2.53 bits per heavy atom. The van der Waals surface area contributed by atoms with Gasteiger partial charge in [0.1, 0.15) is 18.1 Å². The van der Waals surface area contributed by atoms with Crippen molar-refractivity contribution in [1.29, 1.82) is 0 Å². The lowest BCUT2D eigenvalue weighted by Gasteiger charge is -2.26. The molecule has 4 rings (SSSR count). The van der Waals surface area contributed by atoms with E-state index < -0.39 is 10.0 Å². The monoisotopic (exact) mass is 483 g/mol. The Morgan fingerprint density at radius 1 is 1.09 bits per heavy atom. The third kappa shape index (κ3) is 5.00. The van der Waals surface area contributed by atoms with Gasteiger partial charge in [-0.15, -0.1) is 0 Å². The van der Waals surface area contributed by atoms with Crippen LogP contribution in [0.3, 0.4) is 0 Å². The maximum absolute atomic E-state index is 13.2. The fourth-order valence-corrected chi connectivity index (χ4v) is 5.52. The van der Waals surface area contributed by atoms with E-state index in [0.29, 0.717) is 35.9 Å². The first kappa shape index (κ1) is 24.0. The molecule has 0 spiro atoms. The van der Waals surface area contributed by atoms with Crippen molar-refractivity contribution in [2.75, 3.05) is 18.4 Å². The van der Waals surface area contributed by atoms with Gasteiger partial charge < -0.3 is 14.6 Å². The summed E-state index contributed by atoms with van der Waals surface area (Å²) in [4.78, 5) is 13.3. The quantitative estimate of drug-likeness (QED) is 0.527. The number of hydrogen-bond donors (Lipinski definition) is 1.